The van der Waals surface area contributed by atoms with Gasteiger partial charge in [0.25, 0.3) is 5.89 Å². The van der Waals surface area contributed by atoms with E-state index in [2.05, 4.69) is 10.1 Å². The molecule has 0 amide bonds. The molecule has 1 aliphatic rings. The molecule has 20 heavy (non-hydrogen) atoms. The van der Waals surface area contributed by atoms with E-state index in [4.69, 9.17) is 15.0 Å². The highest BCUT2D eigenvalue weighted by molar-refractivity contribution is 5.54. The van der Waals surface area contributed by atoms with E-state index in [0.717, 1.165) is 36.8 Å². The number of hydrogen-bond acceptors (Lipinski definition) is 5. The summed E-state index contributed by atoms with van der Waals surface area (Å²) in [4.78, 5) is 4.49. The van der Waals surface area contributed by atoms with Gasteiger partial charge in [-0.25, -0.2) is 0 Å². The van der Waals surface area contributed by atoms with E-state index >= 15 is 0 Å². The van der Waals surface area contributed by atoms with Crippen LogP contribution in [0.5, 0.6) is 0 Å². The van der Waals surface area contributed by atoms with Crippen molar-refractivity contribution in [3.63, 3.8) is 0 Å². The lowest BCUT2D eigenvalue weighted by Gasteiger charge is -2.17. The lowest BCUT2D eigenvalue weighted by Crippen LogP contribution is -2.34. The largest absolute Gasteiger partial charge is 0.380 e. The molecule has 106 valence electrons. The molecule has 2 N–H and O–H groups in total. The fourth-order valence-corrected chi connectivity index (χ4v) is 2.73. The molecule has 0 bridgehead atoms. The van der Waals surface area contributed by atoms with Crippen molar-refractivity contribution < 1.29 is 9.26 Å². The van der Waals surface area contributed by atoms with E-state index in [9.17, 15) is 0 Å². The maximum atomic E-state index is 6.34. The third-order valence-corrected chi connectivity index (χ3v) is 3.85. The molecule has 0 atom stereocenters. The highest BCUT2D eigenvalue weighted by Crippen LogP contribution is 2.35. The van der Waals surface area contributed by atoms with Crippen molar-refractivity contribution in [2.75, 3.05) is 7.11 Å². The summed E-state index contributed by atoms with van der Waals surface area (Å²) in [5.41, 5.74) is 7.91. The molecule has 0 unspecified atom stereocenters. The Kier molecular flexibility index (Phi) is 3.54. The lowest BCUT2D eigenvalue weighted by atomic mass is 9.98. The number of aromatic nitrogens is 2. The SMILES string of the molecule is COCc1cccc(-c2nc(C3(N)CCCC3)no2)c1. The van der Waals surface area contributed by atoms with Crippen molar-refractivity contribution >= 4 is 0 Å². The van der Waals surface area contributed by atoms with Crippen LogP contribution in [0.4, 0.5) is 0 Å². The summed E-state index contributed by atoms with van der Waals surface area (Å²) in [7, 11) is 1.68. The molecule has 1 heterocycles. The van der Waals surface area contributed by atoms with Gasteiger partial charge in [-0.1, -0.05) is 30.1 Å². The van der Waals surface area contributed by atoms with E-state index in [0.29, 0.717) is 18.3 Å². The van der Waals surface area contributed by atoms with E-state index in [-0.39, 0.29) is 0 Å². The zero-order valence-corrected chi connectivity index (χ0v) is 11.6. The molecule has 1 aromatic heterocycles. The molecule has 2 aromatic rings. The van der Waals surface area contributed by atoms with Gasteiger partial charge >= 0.3 is 0 Å². The Hall–Kier alpha value is -1.72. The van der Waals surface area contributed by atoms with Crippen molar-refractivity contribution in [2.24, 2.45) is 5.73 Å². The number of nitrogens with two attached hydrogens (primary N) is 1. The molecule has 1 saturated carbocycles. The zero-order valence-electron chi connectivity index (χ0n) is 11.6. The van der Waals surface area contributed by atoms with Gasteiger partial charge in [0.15, 0.2) is 5.82 Å². The van der Waals surface area contributed by atoms with Crippen LogP contribution in [0.2, 0.25) is 0 Å². The van der Waals surface area contributed by atoms with Crippen LogP contribution in [-0.2, 0) is 16.9 Å². The number of nitrogens with zero attached hydrogens (tertiary/aromatic N) is 2. The zero-order chi connectivity index (χ0) is 14.0. The maximum absolute atomic E-state index is 6.34. The number of rotatable bonds is 4. The summed E-state index contributed by atoms with van der Waals surface area (Å²) >= 11 is 0. The van der Waals surface area contributed by atoms with Gasteiger partial charge in [-0.15, -0.1) is 0 Å². The highest BCUT2D eigenvalue weighted by atomic mass is 16.5. The Balaban J connectivity index is 1.88. The second-order valence-corrected chi connectivity index (χ2v) is 5.42. The minimum absolute atomic E-state index is 0.411. The van der Waals surface area contributed by atoms with Gasteiger partial charge in [0.1, 0.15) is 0 Å². The van der Waals surface area contributed by atoms with Crippen LogP contribution >= 0.6 is 0 Å². The van der Waals surface area contributed by atoms with Crippen LogP contribution in [0.3, 0.4) is 0 Å². The molecular formula is C15H19N3O2. The Morgan fingerprint density at radius 3 is 2.90 bits per heavy atom. The summed E-state index contributed by atoms with van der Waals surface area (Å²) in [6.07, 6.45) is 4.11. The predicted octanol–water partition coefficient (Wildman–Crippen LogP) is 2.61. The van der Waals surface area contributed by atoms with E-state index < -0.39 is 5.54 Å². The summed E-state index contributed by atoms with van der Waals surface area (Å²) in [5, 5.41) is 4.08. The predicted molar refractivity (Wildman–Crippen MR) is 74.8 cm³/mol. The van der Waals surface area contributed by atoms with Crippen molar-refractivity contribution in [1.29, 1.82) is 0 Å². The second kappa shape index (κ2) is 5.34. The van der Waals surface area contributed by atoms with Gasteiger partial charge < -0.3 is 15.0 Å². The monoisotopic (exact) mass is 273 g/mol. The van der Waals surface area contributed by atoms with Crippen molar-refractivity contribution in [1.82, 2.24) is 10.1 Å². The second-order valence-electron chi connectivity index (χ2n) is 5.42. The summed E-state index contributed by atoms with van der Waals surface area (Å²) in [6.45, 7) is 0.565. The summed E-state index contributed by atoms with van der Waals surface area (Å²) in [5.74, 6) is 1.15. The van der Waals surface area contributed by atoms with Gasteiger partial charge in [0.2, 0.25) is 0 Å². The molecule has 0 radical (unpaired) electrons. The average Bonchev–Trinajstić information content (AvgIpc) is 3.09. The first-order chi connectivity index (χ1) is 9.71. The Morgan fingerprint density at radius 2 is 2.15 bits per heavy atom. The smallest absolute Gasteiger partial charge is 0.258 e. The molecule has 3 rings (SSSR count). The van der Waals surface area contributed by atoms with Crippen molar-refractivity contribution in [2.45, 2.75) is 37.8 Å². The molecule has 5 heteroatoms. The number of ether oxygens (including phenoxy) is 1. The fourth-order valence-electron chi connectivity index (χ4n) is 2.73. The normalized spacial score (nSPS) is 17.5. The minimum atomic E-state index is -0.411. The van der Waals surface area contributed by atoms with Crippen LogP contribution < -0.4 is 5.73 Å². The number of benzene rings is 1. The Labute approximate surface area is 118 Å². The van der Waals surface area contributed by atoms with E-state index in [1.54, 1.807) is 7.11 Å². The molecule has 0 spiro atoms. The summed E-state index contributed by atoms with van der Waals surface area (Å²) < 4.78 is 10.5. The third-order valence-electron chi connectivity index (χ3n) is 3.85. The number of methoxy groups -OCH3 is 1. The maximum Gasteiger partial charge on any atom is 0.258 e. The molecule has 1 fully saturated rings. The van der Waals surface area contributed by atoms with Crippen LogP contribution in [0.15, 0.2) is 28.8 Å². The van der Waals surface area contributed by atoms with Gasteiger partial charge in [0, 0.05) is 12.7 Å². The Bertz CT molecular complexity index is 588. The third kappa shape index (κ3) is 2.46. The standard InChI is InChI=1S/C15H19N3O2/c1-19-10-11-5-4-6-12(9-11)13-17-14(18-20-13)15(16)7-2-3-8-15/h4-6,9H,2-3,7-8,10,16H2,1H3. The fraction of sp³-hybridized carbons (Fsp3) is 0.467. The van der Waals surface area contributed by atoms with Gasteiger partial charge in [-0.05, 0) is 30.5 Å². The molecular weight excluding hydrogens is 254 g/mol. The minimum Gasteiger partial charge on any atom is -0.380 e. The van der Waals surface area contributed by atoms with E-state index in [1.165, 1.54) is 0 Å². The van der Waals surface area contributed by atoms with Crippen molar-refractivity contribution in [3.05, 3.63) is 35.7 Å². The molecule has 1 aromatic carbocycles. The van der Waals surface area contributed by atoms with Gasteiger partial charge in [-0.3, -0.25) is 0 Å². The molecule has 5 nitrogen and oxygen atoms in total. The van der Waals surface area contributed by atoms with Crippen LogP contribution in [0.1, 0.15) is 37.1 Å². The average molecular weight is 273 g/mol. The topological polar surface area (TPSA) is 74.2 Å². The first-order valence-electron chi connectivity index (χ1n) is 6.93. The van der Waals surface area contributed by atoms with E-state index in [1.807, 2.05) is 24.3 Å². The molecule has 0 aliphatic heterocycles. The Morgan fingerprint density at radius 1 is 1.35 bits per heavy atom. The van der Waals surface area contributed by atoms with Crippen molar-refractivity contribution in [3.8, 4) is 11.5 Å². The highest BCUT2D eigenvalue weighted by Gasteiger charge is 2.36. The quantitative estimate of drug-likeness (QED) is 0.926. The van der Waals surface area contributed by atoms with Gasteiger partial charge in [0.05, 0.1) is 12.1 Å². The number of hydrogen-bond donors (Lipinski definition) is 1. The first-order valence-corrected chi connectivity index (χ1v) is 6.93. The van der Waals surface area contributed by atoms with Crippen LogP contribution in [0, 0.1) is 0 Å². The van der Waals surface area contributed by atoms with Gasteiger partial charge in [-0.2, -0.15) is 4.98 Å². The lowest BCUT2D eigenvalue weighted by molar-refractivity contribution is 0.185. The first kappa shape index (κ1) is 13.3. The molecule has 0 saturated heterocycles. The molecule has 1 aliphatic carbocycles. The summed E-state index contributed by atoms with van der Waals surface area (Å²) in [6, 6.07) is 7.92. The van der Waals surface area contributed by atoms with Crippen LogP contribution in [-0.4, -0.2) is 17.3 Å². The van der Waals surface area contributed by atoms with Crippen LogP contribution in [0.25, 0.3) is 11.5 Å².